The van der Waals surface area contributed by atoms with E-state index in [0.717, 1.165) is 38.1 Å². The zero-order valence-electron chi connectivity index (χ0n) is 10.2. The Hall–Kier alpha value is -1.06. The van der Waals surface area contributed by atoms with Gasteiger partial charge in [-0.25, -0.2) is 0 Å². The molecule has 2 aliphatic heterocycles. The lowest BCUT2D eigenvalue weighted by molar-refractivity contribution is 0.0360. The fourth-order valence-electron chi connectivity index (χ4n) is 3.09. The van der Waals surface area contributed by atoms with Crippen LogP contribution in [0.3, 0.4) is 0 Å². The molecule has 1 saturated heterocycles. The number of hydrogen-bond acceptors (Lipinski definition) is 3. The monoisotopic (exact) mass is 233 g/mol. The Morgan fingerprint density at radius 3 is 3.06 bits per heavy atom. The van der Waals surface area contributed by atoms with Crippen molar-refractivity contribution in [2.45, 2.75) is 31.4 Å². The van der Waals surface area contributed by atoms with Gasteiger partial charge < -0.3 is 9.84 Å². The molecule has 1 aromatic carbocycles. The van der Waals surface area contributed by atoms with Crippen LogP contribution in [0.1, 0.15) is 30.0 Å². The van der Waals surface area contributed by atoms with E-state index in [-0.39, 0.29) is 6.10 Å². The third-order valence-electron chi connectivity index (χ3n) is 4.07. The third kappa shape index (κ3) is 1.94. The summed E-state index contributed by atoms with van der Waals surface area (Å²) in [6, 6.07) is 6.74. The lowest BCUT2D eigenvalue weighted by Crippen LogP contribution is -2.42. The van der Waals surface area contributed by atoms with Crippen molar-refractivity contribution >= 4 is 0 Å². The van der Waals surface area contributed by atoms with Gasteiger partial charge >= 0.3 is 0 Å². The maximum Gasteiger partial charge on any atom is 0.119 e. The van der Waals surface area contributed by atoms with Gasteiger partial charge in [-0.15, -0.1) is 0 Å². The van der Waals surface area contributed by atoms with E-state index in [1.807, 2.05) is 6.07 Å². The molecule has 2 unspecified atom stereocenters. The molecular weight excluding hydrogens is 214 g/mol. The Morgan fingerprint density at radius 2 is 2.24 bits per heavy atom. The molecule has 0 saturated carbocycles. The van der Waals surface area contributed by atoms with Crippen molar-refractivity contribution in [3.8, 4) is 5.75 Å². The third-order valence-corrected chi connectivity index (χ3v) is 4.07. The summed E-state index contributed by atoms with van der Waals surface area (Å²) in [5.74, 6) is 0.922. The lowest BCUT2D eigenvalue weighted by Gasteiger charge is -2.42. The minimum atomic E-state index is -0.145. The normalized spacial score (nSPS) is 28.4. The first kappa shape index (κ1) is 11.1. The van der Waals surface area contributed by atoms with Crippen LogP contribution >= 0.6 is 0 Å². The van der Waals surface area contributed by atoms with E-state index in [4.69, 9.17) is 4.74 Å². The molecule has 3 nitrogen and oxygen atoms in total. The summed E-state index contributed by atoms with van der Waals surface area (Å²) in [6.07, 6.45) is 2.75. The van der Waals surface area contributed by atoms with Crippen molar-refractivity contribution in [2.75, 3.05) is 20.2 Å². The first-order chi connectivity index (χ1) is 8.28. The van der Waals surface area contributed by atoms with Crippen molar-refractivity contribution in [3.63, 3.8) is 0 Å². The van der Waals surface area contributed by atoms with Crippen LogP contribution in [-0.2, 0) is 6.42 Å². The van der Waals surface area contributed by atoms with Gasteiger partial charge in [-0.2, -0.15) is 0 Å². The standard InChI is InChI=1S/C14H19NO2/c1-17-12-3-2-10-4-6-15-7-5-11(16)8-14(15)13(10)9-12/h2-3,9,11,14,16H,4-8H2,1H3. The largest absolute Gasteiger partial charge is 0.497 e. The Bertz CT molecular complexity index is 419. The van der Waals surface area contributed by atoms with Crippen LogP contribution in [0.4, 0.5) is 0 Å². The van der Waals surface area contributed by atoms with Gasteiger partial charge in [0.2, 0.25) is 0 Å². The van der Waals surface area contributed by atoms with Crippen LogP contribution < -0.4 is 4.74 Å². The molecule has 1 aromatic rings. The van der Waals surface area contributed by atoms with Crippen LogP contribution in [-0.4, -0.2) is 36.3 Å². The van der Waals surface area contributed by atoms with E-state index in [1.54, 1.807) is 7.11 Å². The number of aliphatic hydroxyl groups excluding tert-OH is 1. The molecule has 2 heterocycles. The Kier molecular flexibility index (Phi) is 2.81. The molecule has 0 amide bonds. The van der Waals surface area contributed by atoms with Crippen LogP contribution in [0.15, 0.2) is 18.2 Å². The Labute approximate surface area is 102 Å². The minimum absolute atomic E-state index is 0.145. The number of nitrogens with zero attached hydrogens (tertiary/aromatic N) is 1. The lowest BCUT2D eigenvalue weighted by atomic mass is 9.86. The second-order valence-corrected chi connectivity index (χ2v) is 5.04. The highest BCUT2D eigenvalue weighted by molar-refractivity contribution is 5.39. The van der Waals surface area contributed by atoms with Crippen LogP contribution in [0.2, 0.25) is 0 Å². The van der Waals surface area contributed by atoms with Crippen molar-refractivity contribution in [1.82, 2.24) is 4.90 Å². The van der Waals surface area contributed by atoms with Crippen molar-refractivity contribution < 1.29 is 9.84 Å². The van der Waals surface area contributed by atoms with Crippen molar-refractivity contribution in [3.05, 3.63) is 29.3 Å². The molecule has 1 fully saturated rings. The van der Waals surface area contributed by atoms with E-state index in [9.17, 15) is 5.11 Å². The second kappa shape index (κ2) is 4.31. The molecule has 3 heteroatoms. The maximum atomic E-state index is 9.84. The average Bonchev–Trinajstić information content (AvgIpc) is 2.38. The molecule has 1 N–H and O–H groups in total. The van der Waals surface area contributed by atoms with Crippen LogP contribution in [0, 0.1) is 0 Å². The van der Waals surface area contributed by atoms with E-state index in [1.165, 1.54) is 11.1 Å². The van der Waals surface area contributed by atoms with Crippen molar-refractivity contribution in [2.24, 2.45) is 0 Å². The van der Waals surface area contributed by atoms with Crippen molar-refractivity contribution in [1.29, 1.82) is 0 Å². The second-order valence-electron chi connectivity index (χ2n) is 5.04. The fraction of sp³-hybridized carbons (Fsp3) is 0.571. The molecule has 17 heavy (non-hydrogen) atoms. The van der Waals surface area contributed by atoms with Gasteiger partial charge in [0.15, 0.2) is 0 Å². The predicted molar refractivity (Wildman–Crippen MR) is 66.3 cm³/mol. The summed E-state index contributed by atoms with van der Waals surface area (Å²) < 4.78 is 5.31. The molecule has 0 aliphatic carbocycles. The maximum absolute atomic E-state index is 9.84. The first-order valence-electron chi connectivity index (χ1n) is 6.37. The summed E-state index contributed by atoms with van der Waals surface area (Å²) >= 11 is 0. The zero-order chi connectivity index (χ0) is 11.8. The van der Waals surface area contributed by atoms with Gasteiger partial charge in [0.1, 0.15) is 5.75 Å². The first-order valence-corrected chi connectivity index (χ1v) is 6.37. The fourth-order valence-corrected chi connectivity index (χ4v) is 3.09. The molecular formula is C14H19NO2. The smallest absolute Gasteiger partial charge is 0.119 e. The van der Waals surface area contributed by atoms with Crippen LogP contribution in [0.5, 0.6) is 5.75 Å². The van der Waals surface area contributed by atoms with Gasteiger partial charge in [0, 0.05) is 19.1 Å². The highest BCUT2D eigenvalue weighted by Gasteiger charge is 2.32. The van der Waals surface area contributed by atoms with E-state index >= 15 is 0 Å². The topological polar surface area (TPSA) is 32.7 Å². The summed E-state index contributed by atoms with van der Waals surface area (Å²) in [6.45, 7) is 2.14. The minimum Gasteiger partial charge on any atom is -0.497 e. The van der Waals surface area contributed by atoms with Gasteiger partial charge in [0.05, 0.1) is 13.2 Å². The summed E-state index contributed by atoms with van der Waals surface area (Å²) in [5, 5.41) is 9.84. The zero-order valence-corrected chi connectivity index (χ0v) is 10.2. The Morgan fingerprint density at radius 1 is 1.35 bits per heavy atom. The number of ether oxygens (including phenoxy) is 1. The molecule has 0 aromatic heterocycles. The quantitative estimate of drug-likeness (QED) is 0.802. The predicted octanol–water partition coefficient (Wildman–Crippen LogP) is 1.75. The van der Waals surface area contributed by atoms with Gasteiger partial charge in [-0.3, -0.25) is 4.90 Å². The molecule has 2 atom stereocenters. The van der Waals surface area contributed by atoms with E-state index in [0.29, 0.717) is 6.04 Å². The SMILES string of the molecule is COc1ccc2c(c1)C1CC(O)CCN1CC2. The average molecular weight is 233 g/mol. The molecule has 92 valence electrons. The summed E-state index contributed by atoms with van der Waals surface area (Å²) in [5.41, 5.74) is 2.77. The number of piperidine rings is 1. The highest BCUT2D eigenvalue weighted by atomic mass is 16.5. The number of rotatable bonds is 1. The summed E-state index contributed by atoms with van der Waals surface area (Å²) in [7, 11) is 1.71. The molecule has 0 spiro atoms. The molecule has 0 radical (unpaired) electrons. The van der Waals surface area contributed by atoms with E-state index in [2.05, 4.69) is 17.0 Å². The molecule has 2 aliphatic rings. The van der Waals surface area contributed by atoms with Gasteiger partial charge in [-0.1, -0.05) is 6.07 Å². The van der Waals surface area contributed by atoms with E-state index < -0.39 is 0 Å². The number of fused-ring (bicyclic) bond motifs is 3. The number of methoxy groups -OCH3 is 1. The van der Waals surface area contributed by atoms with Gasteiger partial charge in [0.25, 0.3) is 0 Å². The Balaban J connectivity index is 1.97. The van der Waals surface area contributed by atoms with Crippen LogP contribution in [0.25, 0.3) is 0 Å². The summed E-state index contributed by atoms with van der Waals surface area (Å²) in [4.78, 5) is 2.49. The number of hydrogen-bond donors (Lipinski definition) is 1. The molecule has 0 bridgehead atoms. The number of benzene rings is 1. The highest BCUT2D eigenvalue weighted by Crippen LogP contribution is 2.38. The van der Waals surface area contributed by atoms with Gasteiger partial charge in [-0.05, 0) is 42.5 Å². The number of aliphatic hydroxyl groups is 1. The molecule has 3 rings (SSSR count).